The fourth-order valence-corrected chi connectivity index (χ4v) is 2.79. The minimum atomic E-state index is -0.201. The summed E-state index contributed by atoms with van der Waals surface area (Å²) in [5, 5.41) is 27.8. The zero-order valence-corrected chi connectivity index (χ0v) is 13.0. The van der Waals surface area contributed by atoms with Crippen molar-refractivity contribution in [3.05, 3.63) is 40.0 Å². The van der Waals surface area contributed by atoms with Gasteiger partial charge in [0.2, 0.25) is 0 Å². The molecule has 1 aromatic carbocycles. The lowest BCUT2D eigenvalue weighted by molar-refractivity contribution is 0.476. The predicted molar refractivity (Wildman–Crippen MR) is 84.4 cm³/mol. The van der Waals surface area contributed by atoms with Gasteiger partial charge in [-0.25, -0.2) is 4.98 Å². The molecule has 0 atom stereocenters. The molecule has 2 heterocycles. The molecule has 0 spiro atoms. The third-order valence-electron chi connectivity index (χ3n) is 2.70. The summed E-state index contributed by atoms with van der Waals surface area (Å²) >= 11 is 12.8. The maximum atomic E-state index is 9.50. The molecule has 22 heavy (non-hydrogen) atoms. The first-order valence-electron chi connectivity index (χ1n) is 5.84. The number of hydrogen-bond acceptors (Lipinski definition) is 7. The third kappa shape index (κ3) is 2.72. The Morgan fingerprint density at radius 1 is 1.18 bits per heavy atom. The molecule has 2 aromatic heterocycles. The molecule has 0 aliphatic carbocycles. The van der Waals surface area contributed by atoms with E-state index in [1.54, 1.807) is 6.07 Å². The molecular weight excluding hydrogens is 345 g/mol. The van der Waals surface area contributed by atoms with Gasteiger partial charge in [0.05, 0.1) is 26.7 Å². The van der Waals surface area contributed by atoms with Crippen molar-refractivity contribution in [2.45, 2.75) is 0 Å². The Bertz CT molecular complexity index is 924. The predicted octanol–water partition coefficient (Wildman–Crippen LogP) is 4.99. The number of phenols is 1. The zero-order chi connectivity index (χ0) is 15.7. The summed E-state index contributed by atoms with van der Waals surface area (Å²) in [6, 6.07) is 6.54. The SMILES string of the molecule is N#Cc1cnc2nsc(/N=N/c3cc(Cl)c(O)c(Cl)c3)c2c1. The first-order chi connectivity index (χ1) is 10.6. The molecule has 0 amide bonds. The van der Waals surface area contributed by atoms with Crippen molar-refractivity contribution in [1.82, 2.24) is 9.36 Å². The average molecular weight is 350 g/mol. The maximum Gasteiger partial charge on any atom is 0.175 e. The number of pyridine rings is 1. The Morgan fingerprint density at radius 3 is 2.59 bits per heavy atom. The number of benzene rings is 1. The average Bonchev–Trinajstić information content (AvgIpc) is 2.92. The van der Waals surface area contributed by atoms with Crippen LogP contribution in [-0.4, -0.2) is 14.5 Å². The highest BCUT2D eigenvalue weighted by Gasteiger charge is 2.09. The highest BCUT2D eigenvalue weighted by molar-refractivity contribution is 7.11. The van der Waals surface area contributed by atoms with Crippen LogP contribution in [0.3, 0.4) is 0 Å². The van der Waals surface area contributed by atoms with Crippen LogP contribution in [0.4, 0.5) is 10.7 Å². The fraction of sp³-hybridized carbons (Fsp3) is 0. The second-order valence-corrected chi connectivity index (χ2v) is 5.72. The molecule has 0 aliphatic rings. The highest BCUT2D eigenvalue weighted by Crippen LogP contribution is 2.37. The summed E-state index contributed by atoms with van der Waals surface area (Å²) in [5.41, 5.74) is 1.30. The van der Waals surface area contributed by atoms with Gasteiger partial charge in [0.15, 0.2) is 16.4 Å². The lowest BCUT2D eigenvalue weighted by atomic mass is 10.2. The first kappa shape index (κ1) is 14.7. The second-order valence-electron chi connectivity index (χ2n) is 4.15. The van der Waals surface area contributed by atoms with E-state index in [4.69, 9.17) is 28.5 Å². The van der Waals surface area contributed by atoms with Crippen molar-refractivity contribution < 1.29 is 5.11 Å². The number of hydrogen-bond donors (Lipinski definition) is 1. The summed E-state index contributed by atoms with van der Waals surface area (Å²) in [7, 11) is 0. The van der Waals surface area contributed by atoms with Crippen molar-refractivity contribution in [2.24, 2.45) is 10.2 Å². The molecule has 3 rings (SSSR count). The molecule has 0 bridgehead atoms. The van der Waals surface area contributed by atoms with Gasteiger partial charge in [-0.15, -0.1) is 10.2 Å². The molecule has 6 nitrogen and oxygen atoms in total. The Hall–Kier alpha value is -2.27. The molecule has 0 saturated carbocycles. The number of nitrogens with zero attached hydrogens (tertiary/aromatic N) is 5. The van der Waals surface area contributed by atoms with E-state index in [9.17, 15) is 5.11 Å². The van der Waals surface area contributed by atoms with Crippen molar-refractivity contribution >= 4 is 56.5 Å². The Morgan fingerprint density at radius 2 is 1.91 bits per heavy atom. The van der Waals surface area contributed by atoms with Crippen LogP contribution in [0.25, 0.3) is 11.0 Å². The van der Waals surface area contributed by atoms with Gasteiger partial charge in [-0.2, -0.15) is 9.64 Å². The Kier molecular flexibility index (Phi) is 3.90. The van der Waals surface area contributed by atoms with Crippen LogP contribution in [-0.2, 0) is 0 Å². The molecule has 0 saturated heterocycles. The second kappa shape index (κ2) is 5.85. The number of halogens is 2. The summed E-state index contributed by atoms with van der Waals surface area (Å²) in [4.78, 5) is 4.07. The standard InChI is InChI=1S/C13H5Cl2N5OS/c14-9-2-7(3-10(15)11(9)21)18-19-13-8-1-6(4-16)5-17-12(8)20-22-13/h1-3,5,21H/b19-18+. The van der Waals surface area contributed by atoms with E-state index in [0.717, 1.165) is 11.5 Å². The van der Waals surface area contributed by atoms with Crippen LogP contribution in [0.2, 0.25) is 10.0 Å². The lowest BCUT2D eigenvalue weighted by Crippen LogP contribution is -1.78. The monoisotopic (exact) mass is 349 g/mol. The van der Waals surface area contributed by atoms with Crippen LogP contribution >= 0.6 is 34.7 Å². The van der Waals surface area contributed by atoms with E-state index < -0.39 is 0 Å². The van der Waals surface area contributed by atoms with Crippen LogP contribution in [0.1, 0.15) is 5.56 Å². The molecular formula is C13H5Cl2N5OS. The van der Waals surface area contributed by atoms with Crippen LogP contribution in [0.15, 0.2) is 34.6 Å². The fourth-order valence-electron chi connectivity index (χ4n) is 1.67. The van der Waals surface area contributed by atoms with Gasteiger partial charge in [-0.1, -0.05) is 23.2 Å². The number of aromatic nitrogens is 2. The van der Waals surface area contributed by atoms with E-state index in [2.05, 4.69) is 19.6 Å². The van der Waals surface area contributed by atoms with E-state index >= 15 is 0 Å². The molecule has 9 heteroatoms. The summed E-state index contributed by atoms with van der Waals surface area (Å²) in [5.74, 6) is -0.201. The van der Waals surface area contributed by atoms with E-state index in [1.165, 1.54) is 18.3 Å². The molecule has 108 valence electrons. The molecule has 3 aromatic rings. The normalized spacial score (nSPS) is 11.1. The number of rotatable bonds is 2. The van der Waals surface area contributed by atoms with Crippen molar-refractivity contribution in [1.29, 1.82) is 5.26 Å². The summed E-state index contributed by atoms with van der Waals surface area (Å²) < 4.78 is 4.13. The molecule has 1 N–H and O–H groups in total. The first-order valence-corrected chi connectivity index (χ1v) is 7.36. The number of aromatic hydroxyl groups is 1. The summed E-state index contributed by atoms with van der Waals surface area (Å²) in [6.07, 6.45) is 1.45. The number of fused-ring (bicyclic) bond motifs is 1. The van der Waals surface area contributed by atoms with Crippen molar-refractivity contribution in [3.63, 3.8) is 0 Å². The van der Waals surface area contributed by atoms with Crippen molar-refractivity contribution in [3.8, 4) is 11.8 Å². The van der Waals surface area contributed by atoms with Gasteiger partial charge in [-0.3, -0.25) is 0 Å². The molecule has 0 fully saturated rings. The van der Waals surface area contributed by atoms with Crippen molar-refractivity contribution in [2.75, 3.05) is 0 Å². The minimum Gasteiger partial charge on any atom is -0.505 e. The van der Waals surface area contributed by atoms with E-state index in [1.807, 2.05) is 6.07 Å². The lowest BCUT2D eigenvalue weighted by Gasteiger charge is -2.00. The Balaban J connectivity index is 2.01. The highest BCUT2D eigenvalue weighted by atomic mass is 35.5. The van der Waals surface area contributed by atoms with Crippen LogP contribution in [0.5, 0.6) is 5.75 Å². The quantitative estimate of drug-likeness (QED) is 0.659. The minimum absolute atomic E-state index is 0.0871. The summed E-state index contributed by atoms with van der Waals surface area (Å²) in [6.45, 7) is 0. The van der Waals surface area contributed by atoms with Gasteiger partial charge in [-0.05, 0) is 29.7 Å². The largest absolute Gasteiger partial charge is 0.505 e. The van der Waals surface area contributed by atoms with E-state index in [-0.39, 0.29) is 15.8 Å². The third-order valence-corrected chi connectivity index (χ3v) is 4.02. The zero-order valence-electron chi connectivity index (χ0n) is 10.7. The molecule has 0 aliphatic heterocycles. The topological polar surface area (TPSA) is 94.5 Å². The van der Waals surface area contributed by atoms with Crippen LogP contribution < -0.4 is 0 Å². The number of nitriles is 1. The number of azo groups is 1. The smallest absolute Gasteiger partial charge is 0.175 e. The van der Waals surface area contributed by atoms with Gasteiger partial charge in [0.1, 0.15) is 6.07 Å². The molecule has 0 radical (unpaired) electrons. The van der Waals surface area contributed by atoms with E-state index in [0.29, 0.717) is 27.3 Å². The maximum absolute atomic E-state index is 9.50. The number of phenolic OH excluding ortho intramolecular Hbond substituents is 1. The van der Waals surface area contributed by atoms with Gasteiger partial charge in [0.25, 0.3) is 0 Å². The van der Waals surface area contributed by atoms with Gasteiger partial charge in [0, 0.05) is 6.20 Å². The Labute approximate surface area is 138 Å². The van der Waals surface area contributed by atoms with Gasteiger partial charge >= 0.3 is 0 Å². The molecule has 0 unspecified atom stereocenters. The van der Waals surface area contributed by atoms with Crippen LogP contribution in [0, 0.1) is 11.3 Å². The van der Waals surface area contributed by atoms with Gasteiger partial charge < -0.3 is 5.11 Å².